The van der Waals surface area contributed by atoms with E-state index in [0.29, 0.717) is 17.5 Å². The van der Waals surface area contributed by atoms with Crippen molar-refractivity contribution in [3.8, 4) is 0 Å². The quantitative estimate of drug-likeness (QED) is 0.714. The SMILES string of the molecule is CC.Cc1nc2ccc(C(C)C)nc2o1. The standard InChI is InChI=1S/C10H12N2O.C2H6/c1-6(2)8-4-5-9-10(12-8)13-7(3)11-9;1-2/h4-6H,1-3H3;1-2H3. The first-order valence-corrected chi connectivity index (χ1v) is 5.41. The summed E-state index contributed by atoms with van der Waals surface area (Å²) in [5.74, 6) is 1.10. The van der Waals surface area contributed by atoms with Gasteiger partial charge in [-0.25, -0.2) is 9.97 Å². The lowest BCUT2D eigenvalue weighted by molar-refractivity contribution is 0.549. The normalized spacial score (nSPS) is 10.3. The first kappa shape index (κ1) is 11.7. The molecule has 2 aromatic heterocycles. The summed E-state index contributed by atoms with van der Waals surface area (Å²) in [7, 11) is 0. The van der Waals surface area contributed by atoms with Crippen molar-refractivity contribution in [1.29, 1.82) is 0 Å². The second-order valence-electron chi connectivity index (χ2n) is 3.45. The van der Waals surface area contributed by atoms with Crippen LogP contribution in [0, 0.1) is 6.92 Å². The Labute approximate surface area is 90.5 Å². The third-order valence-electron chi connectivity index (χ3n) is 1.98. The van der Waals surface area contributed by atoms with Crippen molar-refractivity contribution in [2.45, 2.75) is 40.5 Å². The van der Waals surface area contributed by atoms with Crippen LogP contribution in [0.5, 0.6) is 0 Å². The molecule has 0 N–H and O–H groups in total. The lowest BCUT2D eigenvalue weighted by Gasteiger charge is -2.01. The maximum atomic E-state index is 5.34. The number of hydrogen-bond acceptors (Lipinski definition) is 3. The molecule has 2 rings (SSSR count). The van der Waals surface area contributed by atoms with E-state index >= 15 is 0 Å². The molecule has 0 atom stereocenters. The second-order valence-corrected chi connectivity index (χ2v) is 3.45. The van der Waals surface area contributed by atoms with Crippen molar-refractivity contribution in [2.75, 3.05) is 0 Å². The van der Waals surface area contributed by atoms with Gasteiger partial charge in [0.1, 0.15) is 5.52 Å². The van der Waals surface area contributed by atoms with Gasteiger partial charge < -0.3 is 4.42 Å². The van der Waals surface area contributed by atoms with Gasteiger partial charge in [0.05, 0.1) is 0 Å². The van der Waals surface area contributed by atoms with Crippen LogP contribution < -0.4 is 0 Å². The van der Waals surface area contributed by atoms with Gasteiger partial charge in [-0.1, -0.05) is 27.7 Å². The molecule has 0 aromatic carbocycles. The van der Waals surface area contributed by atoms with Crippen molar-refractivity contribution in [1.82, 2.24) is 9.97 Å². The van der Waals surface area contributed by atoms with Crippen molar-refractivity contribution >= 4 is 11.2 Å². The number of aryl methyl sites for hydroxylation is 1. The highest BCUT2D eigenvalue weighted by Crippen LogP contribution is 2.17. The van der Waals surface area contributed by atoms with Gasteiger partial charge in [0.25, 0.3) is 0 Å². The molecule has 3 nitrogen and oxygen atoms in total. The monoisotopic (exact) mass is 206 g/mol. The molecule has 0 saturated carbocycles. The first-order valence-electron chi connectivity index (χ1n) is 5.41. The van der Waals surface area contributed by atoms with Crippen molar-refractivity contribution in [3.63, 3.8) is 0 Å². The van der Waals surface area contributed by atoms with E-state index in [9.17, 15) is 0 Å². The Balaban J connectivity index is 0.000000531. The number of fused-ring (bicyclic) bond motifs is 1. The van der Waals surface area contributed by atoms with Gasteiger partial charge in [-0.3, -0.25) is 0 Å². The van der Waals surface area contributed by atoms with Crippen molar-refractivity contribution in [3.05, 3.63) is 23.7 Å². The Hall–Kier alpha value is -1.38. The van der Waals surface area contributed by atoms with E-state index < -0.39 is 0 Å². The molecule has 0 bridgehead atoms. The van der Waals surface area contributed by atoms with Crippen LogP contribution in [-0.2, 0) is 0 Å². The average molecular weight is 206 g/mol. The van der Waals surface area contributed by atoms with Crippen LogP contribution in [0.15, 0.2) is 16.5 Å². The topological polar surface area (TPSA) is 38.9 Å². The zero-order valence-electron chi connectivity index (χ0n) is 10.0. The lowest BCUT2D eigenvalue weighted by atomic mass is 10.1. The Kier molecular flexibility index (Phi) is 3.83. The number of oxazole rings is 1. The predicted molar refractivity (Wildman–Crippen MR) is 62.0 cm³/mol. The van der Waals surface area contributed by atoms with Gasteiger partial charge >= 0.3 is 0 Å². The van der Waals surface area contributed by atoms with Crippen LogP contribution in [0.1, 0.15) is 45.2 Å². The molecule has 15 heavy (non-hydrogen) atoms. The second kappa shape index (κ2) is 4.91. The van der Waals surface area contributed by atoms with E-state index in [1.165, 1.54) is 0 Å². The van der Waals surface area contributed by atoms with Crippen LogP contribution in [0.3, 0.4) is 0 Å². The molecule has 0 spiro atoms. The molecule has 0 aliphatic heterocycles. The molecule has 0 aliphatic rings. The number of pyridine rings is 1. The molecule has 0 saturated heterocycles. The summed E-state index contributed by atoms with van der Waals surface area (Å²) in [5, 5.41) is 0. The third kappa shape index (κ3) is 2.55. The van der Waals surface area contributed by atoms with Gasteiger partial charge in [-0.2, -0.15) is 0 Å². The maximum Gasteiger partial charge on any atom is 0.247 e. The summed E-state index contributed by atoms with van der Waals surface area (Å²) >= 11 is 0. The molecule has 0 unspecified atom stereocenters. The molecule has 2 heterocycles. The summed E-state index contributed by atoms with van der Waals surface area (Å²) in [6.07, 6.45) is 0. The van der Waals surface area contributed by atoms with E-state index in [-0.39, 0.29) is 0 Å². The summed E-state index contributed by atoms with van der Waals surface area (Å²) in [5.41, 5.74) is 2.52. The summed E-state index contributed by atoms with van der Waals surface area (Å²) in [6, 6.07) is 3.95. The number of aromatic nitrogens is 2. The first-order chi connectivity index (χ1) is 7.16. The van der Waals surface area contributed by atoms with Crippen LogP contribution in [0.25, 0.3) is 11.2 Å². The van der Waals surface area contributed by atoms with Crippen molar-refractivity contribution < 1.29 is 4.42 Å². The van der Waals surface area contributed by atoms with Crippen LogP contribution in [0.4, 0.5) is 0 Å². The van der Waals surface area contributed by atoms with Gasteiger partial charge in [0.2, 0.25) is 5.71 Å². The highest BCUT2D eigenvalue weighted by molar-refractivity contribution is 5.68. The summed E-state index contributed by atoms with van der Waals surface area (Å²) in [6.45, 7) is 10.0. The molecular weight excluding hydrogens is 188 g/mol. The Morgan fingerprint density at radius 1 is 1.13 bits per heavy atom. The minimum absolute atomic E-state index is 0.426. The van der Waals surface area contributed by atoms with E-state index in [2.05, 4.69) is 23.8 Å². The molecule has 2 aromatic rings. The average Bonchev–Trinajstić information content (AvgIpc) is 2.59. The van der Waals surface area contributed by atoms with Crippen LogP contribution in [-0.4, -0.2) is 9.97 Å². The zero-order chi connectivity index (χ0) is 11.4. The highest BCUT2D eigenvalue weighted by atomic mass is 16.4. The lowest BCUT2D eigenvalue weighted by Crippen LogP contribution is -1.90. The maximum absolute atomic E-state index is 5.34. The van der Waals surface area contributed by atoms with Gasteiger partial charge in [-0.05, 0) is 18.1 Å². The summed E-state index contributed by atoms with van der Waals surface area (Å²) < 4.78 is 5.34. The van der Waals surface area contributed by atoms with E-state index in [4.69, 9.17) is 4.42 Å². The van der Waals surface area contributed by atoms with E-state index in [0.717, 1.165) is 11.2 Å². The highest BCUT2D eigenvalue weighted by Gasteiger charge is 2.06. The smallest absolute Gasteiger partial charge is 0.247 e. The predicted octanol–water partition coefficient (Wildman–Crippen LogP) is 3.68. The van der Waals surface area contributed by atoms with Gasteiger partial charge in [0, 0.05) is 12.6 Å². The number of hydrogen-bond donors (Lipinski definition) is 0. The van der Waals surface area contributed by atoms with Crippen molar-refractivity contribution in [2.24, 2.45) is 0 Å². The molecule has 0 radical (unpaired) electrons. The fraction of sp³-hybridized carbons (Fsp3) is 0.500. The zero-order valence-corrected chi connectivity index (χ0v) is 10.0. The Morgan fingerprint density at radius 2 is 1.80 bits per heavy atom. The molecular formula is C12H18N2O. The molecule has 3 heteroatoms. The number of nitrogens with zero attached hydrogens (tertiary/aromatic N) is 2. The number of rotatable bonds is 1. The third-order valence-corrected chi connectivity index (χ3v) is 1.98. The van der Waals surface area contributed by atoms with Gasteiger partial charge in [-0.15, -0.1) is 0 Å². The van der Waals surface area contributed by atoms with Gasteiger partial charge in [0.15, 0.2) is 5.89 Å². The molecule has 0 fully saturated rings. The molecule has 82 valence electrons. The van der Waals surface area contributed by atoms with E-state index in [1.54, 1.807) is 0 Å². The van der Waals surface area contributed by atoms with E-state index in [1.807, 2.05) is 32.9 Å². The molecule has 0 aliphatic carbocycles. The Morgan fingerprint density at radius 3 is 2.40 bits per heavy atom. The molecule has 0 amide bonds. The fourth-order valence-corrected chi connectivity index (χ4v) is 1.26. The summed E-state index contributed by atoms with van der Waals surface area (Å²) in [4.78, 5) is 8.55. The Bertz CT molecular complexity index is 432. The van der Waals surface area contributed by atoms with Crippen LogP contribution in [0.2, 0.25) is 0 Å². The minimum atomic E-state index is 0.426. The largest absolute Gasteiger partial charge is 0.423 e. The fourth-order valence-electron chi connectivity index (χ4n) is 1.26. The minimum Gasteiger partial charge on any atom is -0.423 e. The van der Waals surface area contributed by atoms with Crippen LogP contribution >= 0.6 is 0 Å².